The number of hydrogen-bond donors (Lipinski definition) is 0. The molecule has 0 radical (unpaired) electrons. The van der Waals surface area contributed by atoms with Crippen molar-refractivity contribution in [3.63, 3.8) is 0 Å². The van der Waals surface area contributed by atoms with Crippen LogP contribution in [0.15, 0.2) is 61.2 Å². The first-order chi connectivity index (χ1) is 14.1. The lowest BCUT2D eigenvalue weighted by molar-refractivity contribution is 0.274. The average Bonchev–Trinajstić information content (AvgIpc) is 2.68. The lowest BCUT2D eigenvalue weighted by atomic mass is 9.94. The van der Waals surface area contributed by atoms with Gasteiger partial charge in [0.2, 0.25) is 0 Å². The Morgan fingerprint density at radius 1 is 0.933 bits per heavy atom. The van der Waals surface area contributed by atoms with Crippen molar-refractivity contribution < 1.29 is 4.39 Å². The number of halogens is 1. The molecular formula is C29H45F. The van der Waals surface area contributed by atoms with Crippen LogP contribution in [0.4, 0.5) is 4.39 Å². The molecule has 0 saturated heterocycles. The summed E-state index contributed by atoms with van der Waals surface area (Å²) < 4.78 is 14.1. The smallest absolute Gasteiger partial charge is 0.130 e. The summed E-state index contributed by atoms with van der Waals surface area (Å²) in [5.74, 6) is 1.03. The second-order valence-electron chi connectivity index (χ2n) is 8.75. The van der Waals surface area contributed by atoms with Gasteiger partial charge in [0.1, 0.15) is 5.67 Å². The molecule has 0 bridgehead atoms. The summed E-state index contributed by atoms with van der Waals surface area (Å²) in [7, 11) is 0. The van der Waals surface area contributed by atoms with Crippen molar-refractivity contribution in [3.05, 3.63) is 72.4 Å². The molecule has 0 N–H and O–H groups in total. The Labute approximate surface area is 186 Å². The summed E-state index contributed by atoms with van der Waals surface area (Å²) in [4.78, 5) is 0. The summed E-state index contributed by atoms with van der Waals surface area (Å²) in [6.07, 6.45) is 13.6. The van der Waals surface area contributed by atoms with Crippen molar-refractivity contribution in [2.24, 2.45) is 5.92 Å². The molecule has 0 aliphatic heterocycles. The van der Waals surface area contributed by atoms with E-state index in [1.165, 1.54) is 38.5 Å². The van der Waals surface area contributed by atoms with Gasteiger partial charge in [-0.1, -0.05) is 121 Å². The Hall–Kier alpha value is -1.89. The van der Waals surface area contributed by atoms with Crippen molar-refractivity contribution >= 4 is 11.1 Å². The van der Waals surface area contributed by atoms with Gasteiger partial charge < -0.3 is 0 Å². The topological polar surface area (TPSA) is 0 Å². The summed E-state index contributed by atoms with van der Waals surface area (Å²) >= 11 is 0. The number of allylic oxidation sites excluding steroid dienone is 6. The predicted octanol–water partition coefficient (Wildman–Crippen LogP) is 9.99. The zero-order valence-electron chi connectivity index (χ0n) is 20.7. The van der Waals surface area contributed by atoms with Crippen LogP contribution in [0.2, 0.25) is 0 Å². The molecule has 0 fully saturated rings. The van der Waals surface area contributed by atoms with Crippen LogP contribution in [0.1, 0.15) is 98.1 Å². The third kappa shape index (κ3) is 11.3. The van der Waals surface area contributed by atoms with E-state index >= 15 is 0 Å². The van der Waals surface area contributed by atoms with Gasteiger partial charge in [-0.3, -0.25) is 0 Å². The van der Waals surface area contributed by atoms with E-state index in [0.29, 0.717) is 5.57 Å². The summed E-state index contributed by atoms with van der Waals surface area (Å²) in [5.41, 5.74) is 3.50. The predicted molar refractivity (Wildman–Crippen MR) is 136 cm³/mol. The maximum atomic E-state index is 14.1. The third-order valence-electron chi connectivity index (χ3n) is 5.28. The molecule has 1 rings (SSSR count). The Bertz CT molecular complexity index is 666. The normalized spacial score (nSPS) is 12.4. The van der Waals surface area contributed by atoms with Crippen molar-refractivity contribution in [1.82, 2.24) is 0 Å². The summed E-state index contributed by atoms with van der Waals surface area (Å²) in [6, 6.07) is 8.14. The Balaban J connectivity index is 0.000000710. The first-order valence-corrected chi connectivity index (χ1v) is 11.6. The fourth-order valence-corrected chi connectivity index (χ4v) is 3.54. The van der Waals surface area contributed by atoms with E-state index in [4.69, 9.17) is 0 Å². The van der Waals surface area contributed by atoms with Crippen molar-refractivity contribution in [1.29, 1.82) is 0 Å². The van der Waals surface area contributed by atoms with Gasteiger partial charge in [0.15, 0.2) is 0 Å². The molecule has 0 spiro atoms. The lowest BCUT2D eigenvalue weighted by Crippen LogP contribution is -2.14. The molecule has 0 nitrogen and oxygen atoms in total. The molecular weight excluding hydrogens is 367 g/mol. The Morgan fingerprint density at radius 2 is 1.37 bits per heavy atom. The van der Waals surface area contributed by atoms with E-state index in [1.807, 2.05) is 44.2 Å². The van der Waals surface area contributed by atoms with Crippen LogP contribution in [-0.2, 0) is 0 Å². The average molecular weight is 413 g/mol. The highest BCUT2D eigenvalue weighted by Gasteiger charge is 2.19. The second-order valence-corrected chi connectivity index (χ2v) is 8.75. The molecule has 0 heterocycles. The minimum atomic E-state index is -1.38. The van der Waals surface area contributed by atoms with Crippen LogP contribution in [0.5, 0.6) is 0 Å². The van der Waals surface area contributed by atoms with Crippen molar-refractivity contribution in [2.45, 2.75) is 92.7 Å². The second kappa shape index (κ2) is 15.0. The molecule has 1 aromatic carbocycles. The standard InChI is InChI=1S/C19H23F.C10H22/c1-7-8-18(19(5,6)20)13-15(4)17-11-9-16(10-12-17)14(2)3;1-4-7-10(8-5-2)9-6-3/h7-13H,1-2H2,3-6H3;10H,4-9H2,1-3H3/b15-13+,18-8+;. The van der Waals surface area contributed by atoms with Crippen molar-refractivity contribution in [2.75, 3.05) is 0 Å². The molecule has 0 atom stereocenters. The van der Waals surface area contributed by atoms with E-state index in [-0.39, 0.29) is 0 Å². The Morgan fingerprint density at radius 3 is 1.70 bits per heavy atom. The van der Waals surface area contributed by atoms with Gasteiger partial charge in [0, 0.05) is 0 Å². The molecule has 30 heavy (non-hydrogen) atoms. The van der Waals surface area contributed by atoms with Gasteiger partial charge in [0.25, 0.3) is 0 Å². The summed E-state index contributed by atoms with van der Waals surface area (Å²) in [5, 5.41) is 0. The lowest BCUT2D eigenvalue weighted by Gasteiger charge is -2.16. The highest BCUT2D eigenvalue weighted by molar-refractivity contribution is 5.70. The maximum absolute atomic E-state index is 14.1. The van der Waals surface area contributed by atoms with E-state index in [9.17, 15) is 4.39 Å². The molecule has 168 valence electrons. The minimum Gasteiger partial charge on any atom is -0.239 e. The Kier molecular flexibility index (Phi) is 14.0. The number of rotatable bonds is 11. The molecule has 1 aromatic rings. The highest BCUT2D eigenvalue weighted by Crippen LogP contribution is 2.26. The molecule has 0 aromatic heterocycles. The largest absolute Gasteiger partial charge is 0.239 e. The third-order valence-corrected chi connectivity index (χ3v) is 5.28. The first kappa shape index (κ1) is 28.1. The van der Waals surface area contributed by atoms with Gasteiger partial charge in [-0.15, -0.1) is 0 Å². The minimum absolute atomic E-state index is 0.619. The number of alkyl halides is 1. The number of benzene rings is 1. The maximum Gasteiger partial charge on any atom is 0.130 e. The van der Waals surface area contributed by atoms with Crippen LogP contribution >= 0.6 is 0 Å². The van der Waals surface area contributed by atoms with Crippen LogP contribution in [0, 0.1) is 5.92 Å². The quantitative estimate of drug-likeness (QED) is 0.317. The van der Waals surface area contributed by atoms with E-state index in [0.717, 1.165) is 28.2 Å². The fraction of sp³-hybridized carbons (Fsp3) is 0.517. The molecule has 0 unspecified atom stereocenters. The van der Waals surface area contributed by atoms with E-state index < -0.39 is 5.67 Å². The van der Waals surface area contributed by atoms with Crippen LogP contribution in [0.3, 0.4) is 0 Å². The molecule has 1 heteroatoms. The number of hydrogen-bond acceptors (Lipinski definition) is 0. The summed E-state index contributed by atoms with van der Waals surface area (Å²) in [6.45, 7) is 21.5. The van der Waals surface area contributed by atoms with Gasteiger partial charge in [-0.25, -0.2) is 4.39 Å². The van der Waals surface area contributed by atoms with Gasteiger partial charge in [-0.2, -0.15) is 0 Å². The van der Waals surface area contributed by atoms with Gasteiger partial charge >= 0.3 is 0 Å². The van der Waals surface area contributed by atoms with Crippen molar-refractivity contribution in [3.8, 4) is 0 Å². The first-order valence-electron chi connectivity index (χ1n) is 11.6. The monoisotopic (exact) mass is 412 g/mol. The van der Waals surface area contributed by atoms with Crippen LogP contribution < -0.4 is 0 Å². The highest BCUT2D eigenvalue weighted by atomic mass is 19.1. The van der Waals surface area contributed by atoms with Gasteiger partial charge in [0.05, 0.1) is 0 Å². The molecule has 0 aliphatic rings. The zero-order valence-corrected chi connectivity index (χ0v) is 20.7. The zero-order chi connectivity index (χ0) is 23.2. The SMILES string of the molecule is C=C/C=C(\C=C(/C)c1ccc(C(=C)C)cc1)C(C)(C)F.CCCC(CCC)CCC. The van der Waals surface area contributed by atoms with E-state index in [2.05, 4.69) is 33.9 Å². The van der Waals surface area contributed by atoms with Gasteiger partial charge in [-0.05, 0) is 55.9 Å². The van der Waals surface area contributed by atoms with E-state index in [1.54, 1.807) is 26.0 Å². The molecule has 0 aliphatic carbocycles. The molecule has 0 amide bonds. The van der Waals surface area contributed by atoms with Crippen LogP contribution in [-0.4, -0.2) is 5.67 Å². The van der Waals surface area contributed by atoms with Crippen LogP contribution in [0.25, 0.3) is 11.1 Å². The molecule has 0 saturated carbocycles. The fourth-order valence-electron chi connectivity index (χ4n) is 3.54.